The molecule has 0 spiro atoms. The van der Waals surface area contributed by atoms with Gasteiger partial charge in [0.2, 0.25) is 0 Å². The number of aryl methyl sites for hydroxylation is 3. The second-order valence-corrected chi connectivity index (χ2v) is 6.99. The minimum atomic E-state index is 0.00564. The summed E-state index contributed by atoms with van der Waals surface area (Å²) in [7, 11) is 0. The zero-order valence-electron chi connectivity index (χ0n) is 16.1. The Morgan fingerprint density at radius 3 is 2.22 bits per heavy atom. The Bertz CT molecular complexity index is 868. The fourth-order valence-corrected chi connectivity index (χ4v) is 3.34. The molecule has 0 saturated carbocycles. The molecule has 138 valence electrons. The maximum absolute atomic E-state index is 13.0. The van der Waals surface area contributed by atoms with E-state index >= 15 is 0 Å². The van der Waals surface area contributed by atoms with Crippen LogP contribution in [0.15, 0.2) is 78.9 Å². The van der Waals surface area contributed by atoms with Gasteiger partial charge in [0.05, 0.1) is 6.04 Å². The lowest BCUT2D eigenvalue weighted by Crippen LogP contribution is -2.29. The van der Waals surface area contributed by atoms with Crippen molar-refractivity contribution in [1.82, 2.24) is 5.32 Å². The van der Waals surface area contributed by atoms with E-state index in [-0.39, 0.29) is 11.9 Å². The lowest BCUT2D eigenvalue weighted by molar-refractivity contribution is 0.0934. The van der Waals surface area contributed by atoms with Gasteiger partial charge in [0.1, 0.15) is 0 Å². The largest absolute Gasteiger partial charge is 0.345 e. The SMILES string of the molecule is CC[C@@H](NC(=O)c1ccccc1CCc1ccccc1)c1ccc(C)cc1. The Labute approximate surface area is 162 Å². The lowest BCUT2D eigenvalue weighted by atomic mass is 9.98. The highest BCUT2D eigenvalue weighted by atomic mass is 16.1. The summed E-state index contributed by atoms with van der Waals surface area (Å²) in [4.78, 5) is 13.0. The maximum atomic E-state index is 13.0. The molecule has 0 aliphatic rings. The summed E-state index contributed by atoms with van der Waals surface area (Å²) in [5, 5.41) is 3.22. The first-order valence-corrected chi connectivity index (χ1v) is 9.66. The molecule has 1 atom stereocenters. The predicted octanol–water partition coefficient (Wildman–Crippen LogP) is 5.66. The van der Waals surface area contributed by atoms with Gasteiger partial charge in [-0.15, -0.1) is 0 Å². The van der Waals surface area contributed by atoms with E-state index in [1.165, 1.54) is 11.1 Å². The first-order valence-electron chi connectivity index (χ1n) is 9.66. The highest BCUT2D eigenvalue weighted by Gasteiger charge is 2.16. The molecule has 3 aromatic rings. The zero-order valence-corrected chi connectivity index (χ0v) is 16.1. The monoisotopic (exact) mass is 357 g/mol. The van der Waals surface area contributed by atoms with E-state index in [4.69, 9.17) is 0 Å². The molecule has 2 nitrogen and oxygen atoms in total. The van der Waals surface area contributed by atoms with Crippen LogP contribution in [0, 0.1) is 6.92 Å². The molecule has 1 N–H and O–H groups in total. The second kappa shape index (κ2) is 9.18. The summed E-state index contributed by atoms with van der Waals surface area (Å²) in [5.74, 6) is 0.00564. The fourth-order valence-electron chi connectivity index (χ4n) is 3.34. The molecule has 0 aliphatic heterocycles. The highest BCUT2D eigenvalue weighted by Crippen LogP contribution is 2.19. The summed E-state index contributed by atoms with van der Waals surface area (Å²) in [6, 6.07) is 26.8. The lowest BCUT2D eigenvalue weighted by Gasteiger charge is -2.19. The molecule has 3 rings (SSSR count). The van der Waals surface area contributed by atoms with Gasteiger partial charge in [0.15, 0.2) is 0 Å². The molecule has 27 heavy (non-hydrogen) atoms. The van der Waals surface area contributed by atoms with E-state index in [2.05, 4.69) is 73.8 Å². The van der Waals surface area contributed by atoms with Gasteiger partial charge in [-0.2, -0.15) is 0 Å². The number of amides is 1. The normalized spacial score (nSPS) is 11.8. The molecule has 3 aromatic carbocycles. The zero-order chi connectivity index (χ0) is 19.1. The van der Waals surface area contributed by atoms with Crippen molar-refractivity contribution in [3.05, 3.63) is 107 Å². The van der Waals surface area contributed by atoms with Crippen molar-refractivity contribution in [1.29, 1.82) is 0 Å². The molecular weight excluding hydrogens is 330 g/mol. The number of carbonyl (C=O) groups is 1. The molecular formula is C25H27NO. The van der Waals surface area contributed by atoms with Crippen LogP contribution in [0.5, 0.6) is 0 Å². The van der Waals surface area contributed by atoms with Crippen molar-refractivity contribution in [2.45, 2.75) is 39.2 Å². The first-order chi connectivity index (χ1) is 13.2. The van der Waals surface area contributed by atoms with Crippen molar-refractivity contribution in [2.24, 2.45) is 0 Å². The fraction of sp³-hybridized carbons (Fsp3) is 0.240. The van der Waals surface area contributed by atoms with Crippen molar-refractivity contribution in [3.63, 3.8) is 0 Å². The van der Waals surface area contributed by atoms with Crippen LogP contribution in [0.4, 0.5) is 0 Å². The van der Waals surface area contributed by atoms with Crippen molar-refractivity contribution < 1.29 is 4.79 Å². The summed E-state index contributed by atoms with van der Waals surface area (Å²) in [5.41, 5.74) is 5.54. The predicted molar refractivity (Wildman–Crippen MR) is 112 cm³/mol. The number of benzene rings is 3. The Balaban J connectivity index is 1.73. The van der Waals surface area contributed by atoms with Gasteiger partial charge in [0.25, 0.3) is 5.91 Å². The molecule has 2 heteroatoms. The molecule has 0 fully saturated rings. The number of rotatable bonds is 7. The molecule has 0 radical (unpaired) electrons. The van der Waals surface area contributed by atoms with Gasteiger partial charge in [-0.1, -0.05) is 85.3 Å². The third-order valence-corrected chi connectivity index (χ3v) is 4.98. The molecule has 0 aromatic heterocycles. The van der Waals surface area contributed by atoms with E-state index < -0.39 is 0 Å². The third-order valence-electron chi connectivity index (χ3n) is 4.98. The topological polar surface area (TPSA) is 29.1 Å². The molecule has 0 bridgehead atoms. The van der Waals surface area contributed by atoms with Crippen LogP contribution in [0.3, 0.4) is 0 Å². The number of hydrogen-bond acceptors (Lipinski definition) is 1. The smallest absolute Gasteiger partial charge is 0.252 e. The summed E-state index contributed by atoms with van der Waals surface area (Å²) in [6.07, 6.45) is 2.65. The third kappa shape index (κ3) is 5.07. The number of hydrogen-bond donors (Lipinski definition) is 1. The van der Waals surface area contributed by atoms with Gasteiger partial charge in [-0.25, -0.2) is 0 Å². The van der Waals surface area contributed by atoms with Gasteiger partial charge < -0.3 is 5.32 Å². The molecule has 1 amide bonds. The van der Waals surface area contributed by atoms with E-state index in [1.807, 2.05) is 24.3 Å². The average molecular weight is 357 g/mol. The first kappa shape index (κ1) is 18.9. The Morgan fingerprint density at radius 2 is 1.52 bits per heavy atom. The van der Waals surface area contributed by atoms with Crippen molar-refractivity contribution in [2.75, 3.05) is 0 Å². The Morgan fingerprint density at radius 1 is 0.852 bits per heavy atom. The molecule has 0 unspecified atom stereocenters. The second-order valence-electron chi connectivity index (χ2n) is 6.99. The standard InChI is InChI=1S/C25H27NO/c1-3-24(22-16-13-19(2)14-17-22)26-25(27)23-12-8-7-11-21(23)18-15-20-9-5-4-6-10-20/h4-14,16-17,24H,3,15,18H2,1-2H3,(H,26,27)/t24-/m1/s1. The summed E-state index contributed by atoms with van der Waals surface area (Å²) in [6.45, 7) is 4.18. The van der Waals surface area contributed by atoms with E-state index in [1.54, 1.807) is 0 Å². The maximum Gasteiger partial charge on any atom is 0.252 e. The van der Waals surface area contributed by atoms with Gasteiger partial charge in [-0.3, -0.25) is 4.79 Å². The quantitative estimate of drug-likeness (QED) is 0.581. The van der Waals surface area contributed by atoms with Crippen LogP contribution in [0.2, 0.25) is 0 Å². The van der Waals surface area contributed by atoms with Crippen LogP contribution in [-0.2, 0) is 12.8 Å². The van der Waals surface area contributed by atoms with E-state index in [9.17, 15) is 4.79 Å². The minimum absolute atomic E-state index is 0.00564. The van der Waals surface area contributed by atoms with E-state index in [0.717, 1.165) is 36.0 Å². The highest BCUT2D eigenvalue weighted by molar-refractivity contribution is 5.96. The van der Waals surface area contributed by atoms with Crippen LogP contribution < -0.4 is 5.32 Å². The van der Waals surface area contributed by atoms with Crippen LogP contribution >= 0.6 is 0 Å². The summed E-state index contributed by atoms with van der Waals surface area (Å²) >= 11 is 0. The molecule has 0 saturated heterocycles. The van der Waals surface area contributed by atoms with Crippen LogP contribution in [0.25, 0.3) is 0 Å². The van der Waals surface area contributed by atoms with Gasteiger partial charge in [-0.05, 0) is 48.9 Å². The minimum Gasteiger partial charge on any atom is -0.345 e. The van der Waals surface area contributed by atoms with Crippen molar-refractivity contribution >= 4 is 5.91 Å². The molecule has 0 aliphatic carbocycles. The number of carbonyl (C=O) groups excluding carboxylic acids is 1. The molecule has 0 heterocycles. The van der Waals surface area contributed by atoms with Crippen LogP contribution in [0.1, 0.15) is 52.0 Å². The average Bonchev–Trinajstić information content (AvgIpc) is 2.72. The Hall–Kier alpha value is -2.87. The number of nitrogens with one attached hydrogen (secondary N) is 1. The van der Waals surface area contributed by atoms with E-state index in [0.29, 0.717) is 0 Å². The van der Waals surface area contributed by atoms with Crippen molar-refractivity contribution in [3.8, 4) is 0 Å². The Kier molecular flexibility index (Phi) is 6.43. The van der Waals surface area contributed by atoms with Crippen LogP contribution in [-0.4, -0.2) is 5.91 Å². The van der Waals surface area contributed by atoms with Gasteiger partial charge >= 0.3 is 0 Å². The van der Waals surface area contributed by atoms with Gasteiger partial charge in [0, 0.05) is 5.56 Å². The summed E-state index contributed by atoms with van der Waals surface area (Å²) < 4.78 is 0.